The Kier molecular flexibility index (Phi) is 5.82. The lowest BCUT2D eigenvalue weighted by molar-refractivity contribution is 0.588. The molecule has 1 aromatic carbocycles. The smallest absolute Gasteiger partial charge is 0.236 e. The molecular weight excluding hydrogens is 260 g/mol. The first-order valence-electron chi connectivity index (χ1n) is 6.63. The van der Waals surface area contributed by atoms with Gasteiger partial charge in [-0.2, -0.15) is 0 Å². The molecule has 0 saturated heterocycles. The van der Waals surface area contributed by atoms with Gasteiger partial charge in [-0.05, 0) is 38.4 Å². The van der Waals surface area contributed by atoms with Gasteiger partial charge in [0.1, 0.15) is 0 Å². The van der Waals surface area contributed by atoms with E-state index in [1.807, 2.05) is 32.0 Å². The average molecular weight is 284 g/mol. The van der Waals surface area contributed by atoms with Crippen LogP contribution in [0.1, 0.15) is 24.5 Å². The van der Waals surface area contributed by atoms with E-state index >= 15 is 0 Å². The van der Waals surface area contributed by atoms with E-state index in [2.05, 4.69) is 12.2 Å². The molecule has 0 aliphatic rings. The number of hydrogen-bond donors (Lipinski definition) is 1. The van der Waals surface area contributed by atoms with E-state index < -0.39 is 10.0 Å². The van der Waals surface area contributed by atoms with Crippen molar-refractivity contribution in [3.05, 3.63) is 29.3 Å². The van der Waals surface area contributed by atoms with E-state index in [4.69, 9.17) is 0 Å². The molecule has 0 unspecified atom stereocenters. The molecule has 0 saturated carbocycles. The Balaban J connectivity index is 2.77. The highest BCUT2D eigenvalue weighted by molar-refractivity contribution is 7.92. The summed E-state index contributed by atoms with van der Waals surface area (Å²) < 4.78 is 25.8. The van der Waals surface area contributed by atoms with Crippen molar-refractivity contribution >= 4 is 15.7 Å². The third kappa shape index (κ3) is 4.51. The first-order valence-corrected chi connectivity index (χ1v) is 8.24. The molecule has 19 heavy (non-hydrogen) atoms. The van der Waals surface area contributed by atoms with Crippen molar-refractivity contribution in [3.63, 3.8) is 0 Å². The molecule has 1 rings (SSSR count). The minimum absolute atomic E-state index is 0.122. The predicted molar refractivity (Wildman–Crippen MR) is 81.3 cm³/mol. The highest BCUT2D eigenvalue weighted by Gasteiger charge is 2.19. The number of aryl methyl sites for hydroxylation is 2. The van der Waals surface area contributed by atoms with Crippen LogP contribution in [-0.2, 0) is 10.0 Å². The lowest BCUT2D eigenvalue weighted by atomic mass is 10.1. The van der Waals surface area contributed by atoms with Gasteiger partial charge >= 0.3 is 0 Å². The molecular formula is C14H24N2O2S. The molecule has 4 nitrogen and oxygen atoms in total. The Labute approximate surface area is 116 Å². The Bertz CT molecular complexity index is 512. The van der Waals surface area contributed by atoms with Gasteiger partial charge in [0, 0.05) is 13.6 Å². The Morgan fingerprint density at radius 3 is 2.47 bits per heavy atom. The van der Waals surface area contributed by atoms with Crippen LogP contribution in [0.4, 0.5) is 5.69 Å². The number of rotatable bonds is 7. The maximum absolute atomic E-state index is 12.2. The van der Waals surface area contributed by atoms with Crippen LogP contribution in [-0.4, -0.2) is 34.3 Å². The van der Waals surface area contributed by atoms with Gasteiger partial charge in [0.25, 0.3) is 0 Å². The van der Waals surface area contributed by atoms with Crippen molar-refractivity contribution in [2.24, 2.45) is 0 Å². The standard InChI is InChI=1S/C14H24N2O2S/c1-5-8-15-9-10-19(17,18)16(4)14-7-6-12(2)11-13(14)3/h6-7,11,15H,5,8-10H2,1-4H3. The van der Waals surface area contributed by atoms with Crippen molar-refractivity contribution in [2.45, 2.75) is 27.2 Å². The summed E-state index contributed by atoms with van der Waals surface area (Å²) >= 11 is 0. The summed E-state index contributed by atoms with van der Waals surface area (Å²) in [6.45, 7) is 7.33. The van der Waals surface area contributed by atoms with Crippen molar-refractivity contribution < 1.29 is 8.42 Å². The second-order valence-corrected chi connectivity index (χ2v) is 6.94. The van der Waals surface area contributed by atoms with Crippen molar-refractivity contribution in [1.82, 2.24) is 5.32 Å². The predicted octanol–water partition coefficient (Wildman–Crippen LogP) is 2.07. The van der Waals surface area contributed by atoms with Gasteiger partial charge < -0.3 is 5.32 Å². The molecule has 1 N–H and O–H groups in total. The van der Waals surface area contributed by atoms with Gasteiger partial charge in [0.15, 0.2) is 0 Å². The fourth-order valence-corrected chi connectivity index (χ4v) is 3.13. The number of sulfonamides is 1. The van der Waals surface area contributed by atoms with Crippen molar-refractivity contribution in [1.29, 1.82) is 0 Å². The number of anilines is 1. The monoisotopic (exact) mass is 284 g/mol. The SMILES string of the molecule is CCCNCCS(=O)(=O)N(C)c1ccc(C)cc1C. The minimum Gasteiger partial charge on any atom is -0.316 e. The number of benzene rings is 1. The topological polar surface area (TPSA) is 49.4 Å². The van der Waals surface area contributed by atoms with E-state index in [1.165, 1.54) is 4.31 Å². The van der Waals surface area contributed by atoms with E-state index in [0.29, 0.717) is 6.54 Å². The van der Waals surface area contributed by atoms with Gasteiger partial charge in [0.2, 0.25) is 10.0 Å². The minimum atomic E-state index is -3.26. The highest BCUT2D eigenvalue weighted by atomic mass is 32.2. The van der Waals surface area contributed by atoms with Gasteiger partial charge in [-0.25, -0.2) is 8.42 Å². The van der Waals surface area contributed by atoms with Crippen LogP contribution < -0.4 is 9.62 Å². The third-order valence-corrected chi connectivity index (χ3v) is 4.82. The zero-order valence-electron chi connectivity index (χ0n) is 12.2. The molecule has 0 radical (unpaired) electrons. The molecule has 0 bridgehead atoms. The second kappa shape index (κ2) is 6.91. The van der Waals surface area contributed by atoms with Crippen LogP contribution in [0.15, 0.2) is 18.2 Å². The largest absolute Gasteiger partial charge is 0.316 e. The van der Waals surface area contributed by atoms with Crippen LogP contribution >= 0.6 is 0 Å². The number of hydrogen-bond acceptors (Lipinski definition) is 3. The molecule has 0 aliphatic carbocycles. The Morgan fingerprint density at radius 1 is 1.21 bits per heavy atom. The summed E-state index contributed by atoms with van der Waals surface area (Å²) in [6.07, 6.45) is 1.01. The Morgan fingerprint density at radius 2 is 1.89 bits per heavy atom. The van der Waals surface area contributed by atoms with E-state index in [-0.39, 0.29) is 5.75 Å². The fraction of sp³-hybridized carbons (Fsp3) is 0.571. The summed E-state index contributed by atoms with van der Waals surface area (Å²) in [5, 5.41) is 3.12. The molecule has 0 aromatic heterocycles. The molecule has 0 atom stereocenters. The highest BCUT2D eigenvalue weighted by Crippen LogP contribution is 2.22. The van der Waals surface area contributed by atoms with E-state index in [1.54, 1.807) is 7.05 Å². The summed E-state index contributed by atoms with van der Waals surface area (Å²) in [5.41, 5.74) is 2.87. The van der Waals surface area contributed by atoms with Crippen molar-refractivity contribution in [2.75, 3.05) is 30.2 Å². The normalized spacial score (nSPS) is 11.6. The number of nitrogens with one attached hydrogen (secondary N) is 1. The number of nitrogens with zero attached hydrogens (tertiary/aromatic N) is 1. The molecule has 0 amide bonds. The molecule has 0 fully saturated rings. The van der Waals surface area contributed by atoms with Crippen molar-refractivity contribution in [3.8, 4) is 0 Å². The first-order chi connectivity index (χ1) is 8.88. The first kappa shape index (κ1) is 16.0. The van der Waals surface area contributed by atoms with Crippen LogP contribution in [0.5, 0.6) is 0 Å². The summed E-state index contributed by atoms with van der Waals surface area (Å²) in [6, 6.07) is 5.79. The molecule has 0 aliphatic heterocycles. The molecule has 108 valence electrons. The molecule has 0 spiro atoms. The van der Waals surface area contributed by atoms with Crippen LogP contribution in [0, 0.1) is 13.8 Å². The molecule has 0 heterocycles. The molecule has 1 aromatic rings. The van der Waals surface area contributed by atoms with Crippen LogP contribution in [0.25, 0.3) is 0 Å². The van der Waals surface area contributed by atoms with Crippen LogP contribution in [0.2, 0.25) is 0 Å². The Hall–Kier alpha value is -1.07. The summed E-state index contributed by atoms with van der Waals surface area (Å²) in [4.78, 5) is 0. The van der Waals surface area contributed by atoms with Gasteiger partial charge in [-0.3, -0.25) is 4.31 Å². The maximum Gasteiger partial charge on any atom is 0.236 e. The lowest BCUT2D eigenvalue weighted by Gasteiger charge is -2.21. The van der Waals surface area contributed by atoms with E-state index in [0.717, 1.165) is 29.8 Å². The van der Waals surface area contributed by atoms with Gasteiger partial charge in [-0.1, -0.05) is 24.6 Å². The van der Waals surface area contributed by atoms with Gasteiger partial charge in [-0.15, -0.1) is 0 Å². The van der Waals surface area contributed by atoms with Gasteiger partial charge in [0.05, 0.1) is 11.4 Å². The third-order valence-electron chi connectivity index (χ3n) is 3.07. The summed E-state index contributed by atoms with van der Waals surface area (Å²) in [5.74, 6) is 0.122. The van der Waals surface area contributed by atoms with Crippen LogP contribution in [0.3, 0.4) is 0 Å². The lowest BCUT2D eigenvalue weighted by Crippen LogP contribution is -2.34. The fourth-order valence-electron chi connectivity index (χ4n) is 1.95. The maximum atomic E-state index is 12.2. The molecule has 5 heteroatoms. The average Bonchev–Trinajstić information content (AvgIpc) is 2.34. The zero-order valence-corrected chi connectivity index (χ0v) is 13.0. The zero-order chi connectivity index (χ0) is 14.5. The second-order valence-electron chi connectivity index (χ2n) is 4.82. The summed E-state index contributed by atoms with van der Waals surface area (Å²) in [7, 11) is -1.64. The quantitative estimate of drug-likeness (QED) is 0.780. The van der Waals surface area contributed by atoms with E-state index in [9.17, 15) is 8.42 Å².